The normalized spacial score (nSPS) is 10.6. The number of methoxy groups -OCH3 is 2. The Morgan fingerprint density at radius 2 is 1.87 bits per heavy atom. The molecular weight excluding hydrogens is 384 g/mol. The van der Waals surface area contributed by atoms with Crippen molar-refractivity contribution in [1.29, 1.82) is 0 Å². The maximum Gasteiger partial charge on any atom is 0.328 e. The molecule has 3 aromatic heterocycles. The van der Waals surface area contributed by atoms with Gasteiger partial charge in [0.1, 0.15) is 17.3 Å². The highest BCUT2D eigenvalue weighted by Crippen LogP contribution is 2.26. The maximum absolute atomic E-state index is 5.68. The van der Waals surface area contributed by atoms with Crippen LogP contribution in [0.3, 0.4) is 0 Å². The summed E-state index contributed by atoms with van der Waals surface area (Å²) in [6, 6.07) is 9.77. The Morgan fingerprint density at radius 3 is 2.57 bits per heavy atom. The molecule has 1 aromatic carbocycles. The van der Waals surface area contributed by atoms with E-state index in [0.717, 1.165) is 22.7 Å². The van der Waals surface area contributed by atoms with Gasteiger partial charge in [0, 0.05) is 18.8 Å². The van der Waals surface area contributed by atoms with Crippen molar-refractivity contribution in [3.05, 3.63) is 72.3 Å². The van der Waals surface area contributed by atoms with Crippen LogP contribution in [0.5, 0.6) is 23.5 Å². The van der Waals surface area contributed by atoms with Gasteiger partial charge < -0.3 is 18.8 Å². The molecule has 0 aliphatic carbocycles. The van der Waals surface area contributed by atoms with Crippen LogP contribution in [0.25, 0.3) is 5.69 Å². The van der Waals surface area contributed by atoms with E-state index in [1.807, 2.05) is 35.9 Å². The summed E-state index contributed by atoms with van der Waals surface area (Å²) in [5.41, 5.74) is 2.79. The summed E-state index contributed by atoms with van der Waals surface area (Å²) in [6.45, 7) is 1.94. The monoisotopic (exact) mass is 404 g/mol. The topological polar surface area (TPSA) is 97.1 Å². The second kappa shape index (κ2) is 8.56. The first-order valence-electron chi connectivity index (χ1n) is 9.19. The van der Waals surface area contributed by atoms with E-state index in [0.29, 0.717) is 18.0 Å². The number of benzene rings is 1. The number of hydrogen-bond acceptors (Lipinski definition) is 8. The lowest BCUT2D eigenvalue weighted by Gasteiger charge is -2.11. The van der Waals surface area contributed by atoms with Crippen molar-refractivity contribution in [2.24, 2.45) is 0 Å². The molecule has 0 bridgehead atoms. The standard InChI is InChI=1S/C21H20N6O3/c1-14-12-27(13-23-14)17-7-6-15(9-18(17)28-2)10-19-24-20(29-3)26-21(25-19)30-16-5-4-8-22-11-16/h4-9,11-13H,10H2,1-3H3. The Morgan fingerprint density at radius 1 is 1.00 bits per heavy atom. The molecule has 0 unspecified atom stereocenters. The summed E-state index contributed by atoms with van der Waals surface area (Å²) >= 11 is 0. The molecule has 0 fully saturated rings. The summed E-state index contributed by atoms with van der Waals surface area (Å²) in [7, 11) is 3.14. The minimum atomic E-state index is 0.141. The molecular formula is C21H20N6O3. The van der Waals surface area contributed by atoms with Crippen molar-refractivity contribution in [3.63, 3.8) is 0 Å². The van der Waals surface area contributed by atoms with Crippen LogP contribution in [0.2, 0.25) is 0 Å². The molecule has 0 radical (unpaired) electrons. The van der Waals surface area contributed by atoms with Gasteiger partial charge in [-0.05, 0) is 36.8 Å². The SMILES string of the molecule is COc1nc(Cc2ccc(-n3cnc(C)c3)c(OC)c2)nc(Oc2cccnc2)n1. The average Bonchev–Trinajstić information content (AvgIpc) is 3.20. The second-order valence-electron chi connectivity index (χ2n) is 6.42. The minimum Gasteiger partial charge on any atom is -0.495 e. The van der Waals surface area contributed by atoms with E-state index in [2.05, 4.69) is 24.9 Å². The van der Waals surface area contributed by atoms with E-state index >= 15 is 0 Å². The lowest BCUT2D eigenvalue weighted by Crippen LogP contribution is -2.05. The highest BCUT2D eigenvalue weighted by molar-refractivity contribution is 5.49. The zero-order valence-corrected chi connectivity index (χ0v) is 16.8. The molecule has 3 heterocycles. The largest absolute Gasteiger partial charge is 0.495 e. The first kappa shape index (κ1) is 19.3. The third-order valence-corrected chi connectivity index (χ3v) is 4.26. The van der Waals surface area contributed by atoms with E-state index in [4.69, 9.17) is 14.2 Å². The third kappa shape index (κ3) is 4.35. The molecule has 0 aliphatic rings. The quantitative estimate of drug-likeness (QED) is 0.463. The highest BCUT2D eigenvalue weighted by Gasteiger charge is 2.12. The van der Waals surface area contributed by atoms with Gasteiger partial charge in [0.2, 0.25) is 0 Å². The van der Waals surface area contributed by atoms with Crippen molar-refractivity contribution < 1.29 is 14.2 Å². The molecule has 0 aliphatic heterocycles. The van der Waals surface area contributed by atoms with Crippen molar-refractivity contribution in [3.8, 4) is 29.2 Å². The zero-order valence-electron chi connectivity index (χ0n) is 16.8. The van der Waals surface area contributed by atoms with Gasteiger partial charge in [0.05, 0.1) is 38.1 Å². The molecule has 0 N–H and O–H groups in total. The van der Waals surface area contributed by atoms with E-state index in [-0.39, 0.29) is 12.0 Å². The molecule has 0 spiro atoms. The predicted octanol–water partition coefficient (Wildman–Crippen LogP) is 3.16. The fraction of sp³-hybridized carbons (Fsp3) is 0.190. The molecule has 0 saturated heterocycles. The smallest absolute Gasteiger partial charge is 0.328 e. The molecule has 0 saturated carbocycles. The fourth-order valence-corrected chi connectivity index (χ4v) is 2.89. The number of ether oxygens (including phenoxy) is 3. The van der Waals surface area contributed by atoms with Crippen molar-refractivity contribution in [1.82, 2.24) is 29.5 Å². The number of rotatable bonds is 7. The minimum absolute atomic E-state index is 0.141. The lowest BCUT2D eigenvalue weighted by atomic mass is 10.1. The molecule has 0 atom stereocenters. The highest BCUT2D eigenvalue weighted by atomic mass is 16.5. The van der Waals surface area contributed by atoms with Gasteiger partial charge in [0.15, 0.2) is 0 Å². The van der Waals surface area contributed by atoms with Gasteiger partial charge in [-0.3, -0.25) is 4.98 Å². The number of pyridine rings is 1. The Labute approximate surface area is 173 Å². The van der Waals surface area contributed by atoms with Crippen LogP contribution in [0.4, 0.5) is 0 Å². The molecule has 4 aromatic rings. The molecule has 0 amide bonds. The first-order valence-corrected chi connectivity index (χ1v) is 9.19. The van der Waals surface area contributed by atoms with Crippen molar-refractivity contribution >= 4 is 0 Å². The Kier molecular flexibility index (Phi) is 5.51. The molecule has 152 valence electrons. The molecule has 9 heteroatoms. The van der Waals surface area contributed by atoms with Crippen molar-refractivity contribution in [2.75, 3.05) is 14.2 Å². The van der Waals surface area contributed by atoms with E-state index in [1.165, 1.54) is 7.11 Å². The van der Waals surface area contributed by atoms with Gasteiger partial charge in [-0.1, -0.05) is 6.07 Å². The average molecular weight is 404 g/mol. The van der Waals surface area contributed by atoms with Gasteiger partial charge in [-0.2, -0.15) is 9.97 Å². The number of aromatic nitrogens is 6. The Balaban J connectivity index is 1.61. The maximum atomic E-state index is 5.68. The zero-order chi connectivity index (χ0) is 20.9. The fourth-order valence-electron chi connectivity index (χ4n) is 2.89. The third-order valence-electron chi connectivity index (χ3n) is 4.26. The molecule has 30 heavy (non-hydrogen) atoms. The summed E-state index contributed by atoms with van der Waals surface area (Å²) in [5, 5.41) is 0. The van der Waals surface area contributed by atoms with Crippen LogP contribution in [0.15, 0.2) is 55.2 Å². The van der Waals surface area contributed by atoms with Crippen LogP contribution in [0, 0.1) is 6.92 Å². The van der Waals surface area contributed by atoms with Crippen LogP contribution < -0.4 is 14.2 Å². The first-order chi connectivity index (χ1) is 14.6. The summed E-state index contributed by atoms with van der Waals surface area (Å²) in [5.74, 6) is 1.75. The van der Waals surface area contributed by atoms with Gasteiger partial charge >= 0.3 is 12.0 Å². The van der Waals surface area contributed by atoms with E-state index in [1.54, 1.807) is 38.0 Å². The van der Waals surface area contributed by atoms with Crippen LogP contribution in [-0.2, 0) is 6.42 Å². The number of imidazole rings is 1. The number of nitrogens with zero attached hydrogens (tertiary/aromatic N) is 6. The van der Waals surface area contributed by atoms with E-state index < -0.39 is 0 Å². The molecule has 4 rings (SSSR count). The predicted molar refractivity (Wildman–Crippen MR) is 108 cm³/mol. The second-order valence-corrected chi connectivity index (χ2v) is 6.42. The number of hydrogen-bond donors (Lipinski definition) is 0. The van der Waals surface area contributed by atoms with Gasteiger partial charge in [-0.25, -0.2) is 4.98 Å². The molecule has 9 nitrogen and oxygen atoms in total. The number of aryl methyl sites for hydroxylation is 1. The van der Waals surface area contributed by atoms with Gasteiger partial charge in [0.25, 0.3) is 0 Å². The van der Waals surface area contributed by atoms with E-state index in [9.17, 15) is 0 Å². The van der Waals surface area contributed by atoms with Crippen LogP contribution in [0.1, 0.15) is 17.1 Å². The summed E-state index contributed by atoms with van der Waals surface area (Å²) in [6.07, 6.45) is 7.38. The summed E-state index contributed by atoms with van der Waals surface area (Å²) < 4.78 is 18.4. The van der Waals surface area contributed by atoms with Crippen LogP contribution >= 0.6 is 0 Å². The van der Waals surface area contributed by atoms with Crippen molar-refractivity contribution in [2.45, 2.75) is 13.3 Å². The lowest BCUT2D eigenvalue weighted by molar-refractivity contribution is 0.355. The van der Waals surface area contributed by atoms with Crippen LogP contribution in [-0.4, -0.2) is 43.7 Å². The summed E-state index contributed by atoms with van der Waals surface area (Å²) in [4.78, 5) is 21.2. The Bertz CT molecular complexity index is 1150. The van der Waals surface area contributed by atoms with Gasteiger partial charge in [-0.15, -0.1) is 4.98 Å². The Hall–Kier alpha value is -4.01.